The van der Waals surface area contributed by atoms with Gasteiger partial charge in [0.15, 0.2) is 0 Å². The van der Waals surface area contributed by atoms with Crippen LogP contribution in [0.4, 0.5) is 0 Å². The smallest absolute Gasteiger partial charge is 0.145 e. The summed E-state index contributed by atoms with van der Waals surface area (Å²) in [5.41, 5.74) is 29.0. The Hall–Kier alpha value is -16.5. The average molecular weight is 1560 g/mol. The van der Waals surface area contributed by atoms with Gasteiger partial charge in [-0.05, 0) is 231 Å². The molecule has 570 valence electrons. The number of hydrogen-bond donors (Lipinski definition) is 0. The third-order valence-corrected chi connectivity index (χ3v) is 24.6. The van der Waals surface area contributed by atoms with Gasteiger partial charge in [0.1, 0.15) is 11.3 Å². The molecule has 17 aromatic carbocycles. The number of fused-ring (bicyclic) bond motifs is 20. The van der Waals surface area contributed by atoms with Crippen LogP contribution in [0.3, 0.4) is 0 Å². The monoisotopic (exact) mass is 1560 g/mol. The Bertz CT molecular complexity index is 8140. The van der Waals surface area contributed by atoms with Crippen molar-refractivity contribution in [3.63, 3.8) is 0 Å². The van der Waals surface area contributed by atoms with Crippen LogP contribution >= 0.6 is 0 Å². The molecule has 0 spiro atoms. The first-order valence-electron chi connectivity index (χ1n) is 41.5. The van der Waals surface area contributed by atoms with Crippen molar-refractivity contribution in [1.29, 1.82) is 0 Å². The first-order chi connectivity index (χ1) is 60.6. The van der Waals surface area contributed by atoms with Crippen molar-refractivity contribution in [3.8, 4) is 67.5 Å². The normalized spacial score (nSPS) is 11.8. The van der Waals surface area contributed by atoms with E-state index in [2.05, 4.69) is 434 Å². The molecule has 0 saturated carbocycles. The predicted molar refractivity (Wildman–Crippen MR) is 510 cm³/mol. The number of para-hydroxylation sites is 7. The molecule has 0 fully saturated rings. The minimum absolute atomic E-state index is 0.972. The fraction of sp³-hybridized carbons (Fsp3) is 0. The standard InChI is InChI=1S/2C39H25N3.C35H23N3/c1-2-12-29(13-3-1)42-36-22-20-28(25-34(36)32-16-9-23-40-39(32)42)31-15-8-18-37-38(31)33-14-6-7-17-35(33)41(37)30-21-19-26-10-4-5-11-27(26)24-30;1-2-12-29(13-3-1)41-35-22-20-28(25-33(35)39-37(41)18-9-23-40-39)31-15-8-17-36-38(31)32-14-6-7-16-34(32)42(36)30-21-19-26-10-4-5-11-27(26)24-30;1-3-12-24(13-4-1)37-30-20-8-7-16-28(30)33-26(17-9-21-31(33)37)27-18-10-22-32-34(27)29-19-11-23-36-35(29)38(32)25-14-5-2-6-15-25/h2*1-25H;1-23H. The summed E-state index contributed by atoms with van der Waals surface area (Å²) in [6.07, 6.45) is 5.65. The van der Waals surface area contributed by atoms with Crippen LogP contribution < -0.4 is 0 Å². The second-order valence-electron chi connectivity index (χ2n) is 31.4. The quantitative estimate of drug-likeness (QED) is 0.145. The Kier molecular flexibility index (Phi) is 16.4. The van der Waals surface area contributed by atoms with Gasteiger partial charge in [0.05, 0.1) is 60.7 Å². The zero-order valence-corrected chi connectivity index (χ0v) is 66.2. The van der Waals surface area contributed by atoms with E-state index in [4.69, 9.17) is 15.0 Å². The highest BCUT2D eigenvalue weighted by molar-refractivity contribution is 6.23. The molecule has 0 amide bonds. The predicted octanol–water partition coefficient (Wildman–Crippen LogP) is 29.1. The van der Waals surface area contributed by atoms with Gasteiger partial charge in [0.2, 0.25) is 0 Å². The fourth-order valence-corrected chi connectivity index (χ4v) is 19.5. The van der Waals surface area contributed by atoms with Crippen LogP contribution in [0.5, 0.6) is 0 Å². The molecule has 26 aromatic rings. The van der Waals surface area contributed by atoms with E-state index in [1.165, 1.54) is 148 Å². The van der Waals surface area contributed by atoms with Crippen LogP contribution in [0.2, 0.25) is 0 Å². The highest BCUT2D eigenvalue weighted by Gasteiger charge is 2.25. The lowest BCUT2D eigenvalue weighted by Gasteiger charge is -2.10. The average Bonchev–Trinajstić information content (AvgIpc) is 1.57. The number of nitrogens with zero attached hydrogens (tertiary/aromatic N) is 9. The van der Waals surface area contributed by atoms with Crippen LogP contribution in [-0.4, -0.2) is 42.4 Å². The molecule has 26 rings (SSSR count). The van der Waals surface area contributed by atoms with E-state index in [0.29, 0.717) is 0 Å². The number of rotatable bonds is 9. The van der Waals surface area contributed by atoms with E-state index in [0.717, 1.165) is 72.1 Å². The van der Waals surface area contributed by atoms with Gasteiger partial charge in [-0.1, -0.05) is 249 Å². The van der Waals surface area contributed by atoms with Crippen molar-refractivity contribution in [2.24, 2.45) is 0 Å². The van der Waals surface area contributed by atoms with Gasteiger partial charge < -0.3 is 18.3 Å². The van der Waals surface area contributed by atoms with Crippen molar-refractivity contribution in [1.82, 2.24) is 42.4 Å². The molecule has 9 heterocycles. The van der Waals surface area contributed by atoms with Crippen LogP contribution in [0.25, 0.3) is 220 Å². The SMILES string of the molecule is c1ccc(-n2c3ccc(-c4cccc5c4c4ccccc4n5-c4ccc5ccccc5c4)cc3c3cccnc32)cc1.c1ccc(-n2c3ccc(-c4cccc5c4c4ccccc4n5-c4ccc5ccccc5c4)cc3c3ncccc32)cc1.c1ccc(-n2c3ccccc3c3c(-c4cccc5c4c4cccnc4n5-c4ccccc4)cccc32)cc1. The Labute approximate surface area is 701 Å². The summed E-state index contributed by atoms with van der Waals surface area (Å²) in [5.74, 6) is 0. The fourth-order valence-electron chi connectivity index (χ4n) is 19.5. The summed E-state index contributed by atoms with van der Waals surface area (Å²) in [4.78, 5) is 14.5. The largest absolute Gasteiger partial charge is 0.309 e. The van der Waals surface area contributed by atoms with Crippen LogP contribution in [0, 0.1) is 0 Å². The Balaban J connectivity index is 0.000000104. The van der Waals surface area contributed by atoms with Crippen molar-refractivity contribution >= 4 is 153 Å². The Morgan fingerprint density at radius 3 is 0.959 bits per heavy atom. The summed E-state index contributed by atoms with van der Waals surface area (Å²) < 4.78 is 14.0. The molecule has 9 heteroatoms. The molecule has 0 aliphatic carbocycles. The summed E-state index contributed by atoms with van der Waals surface area (Å²) >= 11 is 0. The van der Waals surface area contributed by atoms with E-state index in [9.17, 15) is 0 Å². The lowest BCUT2D eigenvalue weighted by Crippen LogP contribution is -1.94. The molecular formula is C113H73N9. The molecular weight excluding hydrogens is 1480 g/mol. The first kappa shape index (κ1) is 69.8. The van der Waals surface area contributed by atoms with Gasteiger partial charge in [-0.25, -0.2) is 9.97 Å². The van der Waals surface area contributed by atoms with Gasteiger partial charge >= 0.3 is 0 Å². The van der Waals surface area contributed by atoms with Gasteiger partial charge in [-0.2, -0.15) is 0 Å². The lowest BCUT2D eigenvalue weighted by atomic mass is 9.95. The third-order valence-electron chi connectivity index (χ3n) is 24.6. The van der Waals surface area contributed by atoms with Crippen molar-refractivity contribution in [3.05, 3.63) is 443 Å². The van der Waals surface area contributed by atoms with Gasteiger partial charge in [0, 0.05) is 112 Å². The summed E-state index contributed by atoms with van der Waals surface area (Å²) in [5, 5.41) is 18.4. The lowest BCUT2D eigenvalue weighted by molar-refractivity contribution is 1.14. The maximum absolute atomic E-state index is 4.85. The van der Waals surface area contributed by atoms with E-state index in [-0.39, 0.29) is 0 Å². The molecule has 122 heavy (non-hydrogen) atoms. The number of aromatic nitrogens is 9. The molecule has 0 aliphatic heterocycles. The summed E-state index contributed by atoms with van der Waals surface area (Å²) in [6, 6.07) is 152. The molecule has 0 unspecified atom stereocenters. The first-order valence-corrected chi connectivity index (χ1v) is 41.5. The summed E-state index contributed by atoms with van der Waals surface area (Å²) in [7, 11) is 0. The second kappa shape index (κ2) is 28.7. The molecule has 0 saturated heterocycles. The molecule has 9 nitrogen and oxygen atoms in total. The molecule has 0 radical (unpaired) electrons. The van der Waals surface area contributed by atoms with Gasteiger partial charge in [-0.3, -0.25) is 14.1 Å². The van der Waals surface area contributed by atoms with Crippen molar-refractivity contribution in [2.45, 2.75) is 0 Å². The topological polar surface area (TPSA) is 68.2 Å². The highest BCUT2D eigenvalue weighted by Crippen LogP contribution is 2.47. The van der Waals surface area contributed by atoms with Gasteiger partial charge in [0.25, 0.3) is 0 Å². The van der Waals surface area contributed by atoms with Crippen LogP contribution in [0.15, 0.2) is 443 Å². The van der Waals surface area contributed by atoms with Gasteiger partial charge in [-0.15, -0.1) is 0 Å². The number of hydrogen-bond acceptors (Lipinski definition) is 3. The molecule has 0 atom stereocenters. The molecule has 9 aromatic heterocycles. The van der Waals surface area contributed by atoms with Crippen LogP contribution in [-0.2, 0) is 0 Å². The van der Waals surface area contributed by atoms with Crippen LogP contribution in [0.1, 0.15) is 0 Å². The van der Waals surface area contributed by atoms with E-state index in [1.807, 2.05) is 36.8 Å². The molecule has 0 N–H and O–H groups in total. The third kappa shape index (κ3) is 11.2. The minimum atomic E-state index is 0.972. The number of benzene rings is 17. The summed E-state index contributed by atoms with van der Waals surface area (Å²) in [6.45, 7) is 0. The minimum Gasteiger partial charge on any atom is -0.309 e. The second-order valence-corrected chi connectivity index (χ2v) is 31.4. The van der Waals surface area contributed by atoms with Crippen molar-refractivity contribution in [2.75, 3.05) is 0 Å². The number of pyridine rings is 3. The maximum atomic E-state index is 4.85. The van der Waals surface area contributed by atoms with E-state index in [1.54, 1.807) is 0 Å². The molecule has 0 bridgehead atoms. The van der Waals surface area contributed by atoms with E-state index < -0.39 is 0 Å². The Morgan fingerprint density at radius 2 is 0.467 bits per heavy atom. The highest BCUT2D eigenvalue weighted by atomic mass is 15.1. The maximum Gasteiger partial charge on any atom is 0.145 e. The van der Waals surface area contributed by atoms with E-state index >= 15 is 0 Å². The Morgan fingerprint density at radius 1 is 0.156 bits per heavy atom. The van der Waals surface area contributed by atoms with Crippen molar-refractivity contribution < 1.29 is 0 Å². The zero-order valence-electron chi connectivity index (χ0n) is 66.2. The zero-order chi connectivity index (χ0) is 80.3. The molecule has 0 aliphatic rings.